The van der Waals surface area contributed by atoms with Crippen LogP contribution < -0.4 is 5.32 Å². The van der Waals surface area contributed by atoms with Crippen molar-refractivity contribution >= 4 is 23.4 Å². The number of carbonyl (C=O) groups is 2. The number of amides is 2. The van der Waals surface area contributed by atoms with E-state index in [-0.39, 0.29) is 29.9 Å². The zero-order chi connectivity index (χ0) is 22.9. The van der Waals surface area contributed by atoms with Crippen molar-refractivity contribution in [2.45, 2.75) is 19.1 Å². The van der Waals surface area contributed by atoms with Gasteiger partial charge in [0.25, 0.3) is 5.91 Å². The van der Waals surface area contributed by atoms with Crippen molar-refractivity contribution in [1.82, 2.24) is 15.4 Å². The Morgan fingerprint density at radius 1 is 1.12 bits per heavy atom. The molecule has 1 N–H and O–H groups in total. The molecule has 2 aromatic heterocycles. The number of nitrogens with one attached hydrogen (secondary N) is 1. The lowest BCUT2D eigenvalue weighted by Crippen LogP contribution is -2.38. The smallest absolute Gasteiger partial charge is 0.255 e. The number of benzene rings is 2. The van der Waals surface area contributed by atoms with E-state index in [0.29, 0.717) is 33.9 Å². The largest absolute Gasteiger partial charge is 0.461 e. The van der Waals surface area contributed by atoms with E-state index in [9.17, 15) is 14.0 Å². The van der Waals surface area contributed by atoms with Crippen LogP contribution in [0.1, 0.15) is 33.2 Å². The number of aromatic nitrogens is 1. The summed E-state index contributed by atoms with van der Waals surface area (Å²) in [6.45, 7) is 0.151. The second kappa shape index (κ2) is 8.55. The van der Waals surface area contributed by atoms with E-state index in [4.69, 9.17) is 20.5 Å². The van der Waals surface area contributed by atoms with Gasteiger partial charge in [-0.3, -0.25) is 9.59 Å². The summed E-state index contributed by atoms with van der Waals surface area (Å²) in [5, 5.41) is 6.96. The maximum Gasteiger partial charge on any atom is 0.255 e. The highest BCUT2D eigenvalue weighted by molar-refractivity contribution is 6.31. The maximum atomic E-state index is 13.5. The molecule has 4 aromatic rings. The number of halogens is 2. The summed E-state index contributed by atoms with van der Waals surface area (Å²) in [6, 6.07) is 15.2. The van der Waals surface area contributed by atoms with Crippen molar-refractivity contribution in [2.24, 2.45) is 0 Å². The molecule has 0 saturated heterocycles. The van der Waals surface area contributed by atoms with Gasteiger partial charge in [-0.2, -0.15) is 0 Å². The number of rotatable bonds is 6. The Hall–Kier alpha value is -3.91. The van der Waals surface area contributed by atoms with E-state index in [1.165, 1.54) is 29.4 Å². The predicted molar refractivity (Wildman–Crippen MR) is 117 cm³/mol. The number of nitrogens with zero attached hydrogens (tertiary/aromatic N) is 2. The van der Waals surface area contributed by atoms with Crippen LogP contribution >= 0.6 is 11.6 Å². The van der Waals surface area contributed by atoms with Crippen LogP contribution in [0.3, 0.4) is 0 Å². The van der Waals surface area contributed by atoms with Crippen molar-refractivity contribution < 1.29 is 22.9 Å². The van der Waals surface area contributed by atoms with Crippen LogP contribution in [0.15, 0.2) is 75.9 Å². The van der Waals surface area contributed by atoms with Crippen molar-refractivity contribution in [3.05, 3.63) is 100 Å². The van der Waals surface area contributed by atoms with E-state index in [1.54, 1.807) is 42.5 Å². The fourth-order valence-corrected chi connectivity index (χ4v) is 4.08. The fourth-order valence-electron chi connectivity index (χ4n) is 3.85. The molecule has 5 rings (SSSR count). The summed E-state index contributed by atoms with van der Waals surface area (Å²) in [7, 11) is 0. The second-order valence-corrected chi connectivity index (χ2v) is 7.94. The van der Waals surface area contributed by atoms with Crippen molar-refractivity contribution in [1.29, 1.82) is 0 Å². The normalized spacial score (nSPS) is 15.0. The zero-order valence-electron chi connectivity index (χ0n) is 17.1. The minimum atomic E-state index is -0.869. The van der Waals surface area contributed by atoms with E-state index in [1.807, 2.05) is 0 Å². The van der Waals surface area contributed by atoms with Gasteiger partial charge in [0.15, 0.2) is 5.76 Å². The highest BCUT2D eigenvalue weighted by Crippen LogP contribution is 2.36. The Balaban J connectivity index is 1.37. The van der Waals surface area contributed by atoms with Crippen molar-refractivity contribution in [3.8, 4) is 11.5 Å². The van der Waals surface area contributed by atoms with Gasteiger partial charge in [0.1, 0.15) is 17.6 Å². The van der Waals surface area contributed by atoms with Crippen LogP contribution in [0.2, 0.25) is 5.02 Å². The summed E-state index contributed by atoms with van der Waals surface area (Å²) >= 11 is 6.18. The summed E-state index contributed by atoms with van der Waals surface area (Å²) < 4.78 is 24.0. The van der Waals surface area contributed by atoms with Crippen LogP contribution in [0, 0.1) is 5.82 Å². The molecule has 0 bridgehead atoms. The zero-order valence-corrected chi connectivity index (χ0v) is 17.9. The van der Waals surface area contributed by atoms with E-state index in [0.717, 1.165) is 0 Å². The highest BCUT2D eigenvalue weighted by atomic mass is 35.5. The summed E-state index contributed by atoms with van der Waals surface area (Å²) in [5.41, 5.74) is 2.07. The fraction of sp³-hybridized carbons (Fsp3) is 0.125. The molecule has 3 heterocycles. The van der Waals surface area contributed by atoms with Crippen LogP contribution in [0.5, 0.6) is 0 Å². The minimum Gasteiger partial charge on any atom is -0.461 e. The molecule has 0 fully saturated rings. The first-order valence-corrected chi connectivity index (χ1v) is 10.5. The average Bonchev–Trinajstić information content (AvgIpc) is 3.55. The molecule has 0 saturated carbocycles. The molecule has 0 radical (unpaired) electrons. The summed E-state index contributed by atoms with van der Waals surface area (Å²) in [4.78, 5) is 27.7. The molecule has 1 unspecified atom stereocenters. The monoisotopic (exact) mass is 465 g/mol. The maximum absolute atomic E-state index is 13.5. The van der Waals surface area contributed by atoms with Gasteiger partial charge in [-0.1, -0.05) is 41.0 Å². The predicted octanol–water partition coefficient (Wildman–Crippen LogP) is 4.74. The molecule has 7 nitrogen and oxygen atoms in total. The number of fused-ring (bicyclic) bond motifs is 1. The second-order valence-electron chi connectivity index (χ2n) is 7.54. The highest BCUT2D eigenvalue weighted by Gasteiger charge is 2.41. The van der Waals surface area contributed by atoms with Gasteiger partial charge in [0.05, 0.1) is 12.8 Å². The van der Waals surface area contributed by atoms with Gasteiger partial charge >= 0.3 is 0 Å². The summed E-state index contributed by atoms with van der Waals surface area (Å²) in [5.74, 6) is -0.187. The molecular formula is C24H17ClFN3O4. The number of furan rings is 1. The van der Waals surface area contributed by atoms with Gasteiger partial charge in [-0.05, 0) is 41.5 Å². The Kier molecular flexibility index (Phi) is 5.43. The lowest BCUT2D eigenvalue weighted by Gasteiger charge is -2.25. The molecule has 1 atom stereocenters. The molecule has 0 aliphatic carbocycles. The molecule has 2 amide bonds. The van der Waals surface area contributed by atoms with E-state index >= 15 is 0 Å². The third-order valence-electron chi connectivity index (χ3n) is 5.43. The molecule has 2 aromatic carbocycles. The van der Waals surface area contributed by atoms with Crippen LogP contribution in [-0.4, -0.2) is 21.9 Å². The van der Waals surface area contributed by atoms with E-state index < -0.39 is 11.9 Å². The molecule has 1 aliphatic rings. The quantitative estimate of drug-likeness (QED) is 0.444. The molecule has 1 aliphatic heterocycles. The third-order valence-corrected chi connectivity index (χ3v) is 5.78. The Morgan fingerprint density at radius 2 is 1.97 bits per heavy atom. The first kappa shape index (κ1) is 21.0. The Labute approximate surface area is 192 Å². The minimum absolute atomic E-state index is 0.0529. The van der Waals surface area contributed by atoms with Gasteiger partial charge < -0.3 is 19.2 Å². The first-order chi connectivity index (χ1) is 16.0. The van der Waals surface area contributed by atoms with Crippen LogP contribution in [-0.2, 0) is 17.9 Å². The SMILES string of the molecule is O=C(NCc1cc(-c2ccco2)on1)C1c2ccccc2C(=O)N1Cc1ccc(F)cc1Cl. The topological polar surface area (TPSA) is 88.6 Å². The Bertz CT molecular complexity index is 1340. The van der Waals surface area contributed by atoms with Gasteiger partial charge in [0, 0.05) is 23.2 Å². The molecular weight excluding hydrogens is 449 g/mol. The van der Waals surface area contributed by atoms with Crippen molar-refractivity contribution in [2.75, 3.05) is 0 Å². The standard InChI is InChI=1S/C24H17ClFN3O4/c25-19-10-15(26)8-7-14(19)13-29-22(17-4-1-2-5-18(17)24(29)31)23(30)27-12-16-11-21(33-28-16)20-6-3-9-32-20/h1-11,22H,12-13H2,(H,27,30). The van der Waals surface area contributed by atoms with Gasteiger partial charge in [-0.25, -0.2) is 4.39 Å². The van der Waals surface area contributed by atoms with E-state index in [2.05, 4.69) is 10.5 Å². The number of hydrogen-bond donors (Lipinski definition) is 1. The van der Waals surface area contributed by atoms with Crippen LogP contribution in [0.4, 0.5) is 4.39 Å². The van der Waals surface area contributed by atoms with Crippen LogP contribution in [0.25, 0.3) is 11.5 Å². The average molecular weight is 466 g/mol. The van der Waals surface area contributed by atoms with Crippen molar-refractivity contribution in [3.63, 3.8) is 0 Å². The lowest BCUT2D eigenvalue weighted by atomic mass is 10.0. The molecule has 0 spiro atoms. The third kappa shape index (κ3) is 4.01. The Morgan fingerprint density at radius 3 is 2.76 bits per heavy atom. The van der Waals surface area contributed by atoms with Gasteiger partial charge in [0.2, 0.25) is 11.7 Å². The lowest BCUT2D eigenvalue weighted by molar-refractivity contribution is -0.125. The molecule has 33 heavy (non-hydrogen) atoms. The van der Waals surface area contributed by atoms with Gasteiger partial charge in [-0.15, -0.1) is 0 Å². The number of carbonyl (C=O) groups excluding carboxylic acids is 2. The first-order valence-electron chi connectivity index (χ1n) is 10.1. The molecule has 166 valence electrons. The molecule has 9 heteroatoms. The number of hydrogen-bond acceptors (Lipinski definition) is 5. The summed E-state index contributed by atoms with van der Waals surface area (Å²) in [6.07, 6.45) is 1.52.